The molecule has 1 aliphatic rings. The molecule has 6 nitrogen and oxygen atoms in total. The molecule has 3 rings (SSSR count). The van der Waals surface area contributed by atoms with Gasteiger partial charge in [-0.15, -0.1) is 11.3 Å². The summed E-state index contributed by atoms with van der Waals surface area (Å²) < 4.78 is 10.5. The van der Waals surface area contributed by atoms with Crippen LogP contribution in [0.3, 0.4) is 0 Å². The number of hydrogen-bond acceptors (Lipinski definition) is 6. The number of aromatic nitrogens is 1. The van der Waals surface area contributed by atoms with Crippen molar-refractivity contribution in [1.82, 2.24) is 4.98 Å². The van der Waals surface area contributed by atoms with Gasteiger partial charge in [-0.2, -0.15) is 0 Å². The topological polar surface area (TPSA) is 72.5 Å². The third-order valence-electron chi connectivity index (χ3n) is 3.20. The van der Waals surface area contributed by atoms with Gasteiger partial charge in [-0.1, -0.05) is 0 Å². The molecule has 0 aliphatic carbocycles. The van der Waals surface area contributed by atoms with Crippen LogP contribution in [-0.4, -0.2) is 37.3 Å². The Kier molecular flexibility index (Phi) is 4.26. The van der Waals surface area contributed by atoms with E-state index in [1.54, 1.807) is 18.4 Å². The summed E-state index contributed by atoms with van der Waals surface area (Å²) in [5.41, 5.74) is 2.48. The van der Waals surface area contributed by atoms with Crippen molar-refractivity contribution in [1.29, 1.82) is 0 Å². The monoisotopic (exact) mass is 319 g/mol. The van der Waals surface area contributed by atoms with Crippen LogP contribution in [0, 0.1) is 0 Å². The third-order valence-corrected chi connectivity index (χ3v) is 3.97. The van der Waals surface area contributed by atoms with Crippen LogP contribution in [0.25, 0.3) is 11.3 Å². The van der Waals surface area contributed by atoms with E-state index in [1.807, 2.05) is 30.5 Å². The molecule has 0 fully saturated rings. The Balaban J connectivity index is 1.78. The first-order chi connectivity index (χ1) is 10.7. The maximum Gasteiger partial charge on any atom is 0.262 e. The zero-order valence-electron chi connectivity index (χ0n) is 12.4. The molecule has 0 unspecified atom stereocenters. The van der Waals surface area contributed by atoms with E-state index in [2.05, 4.69) is 15.6 Å². The van der Waals surface area contributed by atoms with E-state index >= 15 is 0 Å². The highest BCUT2D eigenvalue weighted by Gasteiger charge is 2.17. The molecule has 2 N–H and O–H groups in total. The zero-order chi connectivity index (χ0) is 15.5. The largest absolute Gasteiger partial charge is 0.482 e. The number of thiazole rings is 1. The fourth-order valence-corrected chi connectivity index (χ4v) is 3.05. The number of amides is 1. The fraction of sp³-hybridized carbons (Fsp3) is 0.333. The Morgan fingerprint density at radius 3 is 3.23 bits per heavy atom. The molecule has 0 bridgehead atoms. The van der Waals surface area contributed by atoms with Gasteiger partial charge >= 0.3 is 0 Å². The van der Waals surface area contributed by atoms with E-state index in [0.29, 0.717) is 18.0 Å². The van der Waals surface area contributed by atoms with Crippen LogP contribution in [0.2, 0.25) is 0 Å². The summed E-state index contributed by atoms with van der Waals surface area (Å²) in [4.78, 5) is 16.0. The van der Waals surface area contributed by atoms with Crippen LogP contribution in [0.1, 0.15) is 6.92 Å². The highest BCUT2D eigenvalue weighted by molar-refractivity contribution is 7.14. The number of carbonyl (C=O) groups excluding carboxylic acids is 1. The van der Waals surface area contributed by atoms with Crippen molar-refractivity contribution >= 4 is 28.1 Å². The lowest BCUT2D eigenvalue weighted by Crippen LogP contribution is -2.25. The van der Waals surface area contributed by atoms with E-state index in [0.717, 1.165) is 16.4 Å². The van der Waals surface area contributed by atoms with E-state index in [9.17, 15) is 4.79 Å². The lowest BCUT2D eigenvalue weighted by molar-refractivity contribution is -0.118. The van der Waals surface area contributed by atoms with Crippen molar-refractivity contribution in [2.45, 2.75) is 13.0 Å². The number of benzene rings is 1. The van der Waals surface area contributed by atoms with Gasteiger partial charge in [0.25, 0.3) is 5.91 Å². The molecule has 116 valence electrons. The first-order valence-corrected chi connectivity index (χ1v) is 7.82. The number of nitrogens with one attached hydrogen (secondary N) is 2. The molecule has 1 aromatic heterocycles. The van der Waals surface area contributed by atoms with E-state index < -0.39 is 0 Å². The smallest absolute Gasteiger partial charge is 0.262 e. The fourth-order valence-electron chi connectivity index (χ4n) is 2.22. The predicted octanol–water partition coefficient (Wildman–Crippen LogP) is 2.59. The highest BCUT2D eigenvalue weighted by Crippen LogP contribution is 2.33. The molecule has 22 heavy (non-hydrogen) atoms. The van der Waals surface area contributed by atoms with Crippen molar-refractivity contribution in [2.24, 2.45) is 0 Å². The highest BCUT2D eigenvalue weighted by atomic mass is 32.1. The molecule has 1 aliphatic heterocycles. The summed E-state index contributed by atoms with van der Waals surface area (Å²) in [5.74, 6) is 0.546. The summed E-state index contributed by atoms with van der Waals surface area (Å²) in [6.45, 7) is 2.72. The average Bonchev–Trinajstić information content (AvgIpc) is 2.95. The number of ether oxygens (including phenoxy) is 2. The maximum atomic E-state index is 11.4. The van der Waals surface area contributed by atoms with E-state index in [1.165, 1.54) is 0 Å². The van der Waals surface area contributed by atoms with Gasteiger partial charge in [0, 0.05) is 24.1 Å². The summed E-state index contributed by atoms with van der Waals surface area (Å²) in [6.07, 6.45) is 0. The molecular weight excluding hydrogens is 302 g/mol. The van der Waals surface area contributed by atoms with Gasteiger partial charge in [0.05, 0.1) is 18.0 Å². The molecular formula is C15H17N3O3S. The third kappa shape index (κ3) is 3.20. The van der Waals surface area contributed by atoms with Gasteiger partial charge < -0.3 is 20.1 Å². The first kappa shape index (κ1) is 14.8. The Morgan fingerprint density at radius 2 is 2.41 bits per heavy atom. The number of hydrogen-bond donors (Lipinski definition) is 2. The molecule has 7 heteroatoms. The standard InChI is InChI=1S/C15H17N3O3S/c1-9(6-20-2)16-15-18-12(8-22-15)10-3-4-13-11(5-10)17-14(19)7-21-13/h3-5,8-9H,6-7H2,1-2H3,(H,16,18)(H,17,19)/t9-/m1/s1. The Labute approximate surface area is 132 Å². The minimum atomic E-state index is -0.140. The number of fused-ring (bicyclic) bond motifs is 1. The number of nitrogens with zero attached hydrogens (tertiary/aromatic N) is 1. The summed E-state index contributed by atoms with van der Waals surface area (Å²) in [7, 11) is 1.68. The van der Waals surface area contributed by atoms with Gasteiger partial charge in [-0.25, -0.2) is 4.98 Å². The Hall–Kier alpha value is -2.12. The zero-order valence-corrected chi connectivity index (χ0v) is 13.2. The van der Waals surface area contributed by atoms with Crippen LogP contribution in [-0.2, 0) is 9.53 Å². The van der Waals surface area contributed by atoms with Crippen LogP contribution in [0.15, 0.2) is 23.6 Å². The van der Waals surface area contributed by atoms with Crippen LogP contribution in [0.5, 0.6) is 5.75 Å². The average molecular weight is 319 g/mol. The molecule has 0 saturated carbocycles. The number of carbonyl (C=O) groups is 1. The molecule has 0 spiro atoms. The second-order valence-corrected chi connectivity index (χ2v) is 5.94. The predicted molar refractivity (Wildman–Crippen MR) is 86.6 cm³/mol. The second kappa shape index (κ2) is 6.33. The molecule has 0 saturated heterocycles. The number of rotatable bonds is 5. The van der Waals surface area contributed by atoms with Gasteiger partial charge in [-0.3, -0.25) is 4.79 Å². The molecule has 2 heterocycles. The molecule has 0 radical (unpaired) electrons. The number of anilines is 2. The maximum absolute atomic E-state index is 11.4. The lowest BCUT2D eigenvalue weighted by Gasteiger charge is -2.18. The minimum absolute atomic E-state index is 0.0640. The van der Waals surface area contributed by atoms with Crippen molar-refractivity contribution < 1.29 is 14.3 Å². The first-order valence-electron chi connectivity index (χ1n) is 6.94. The Morgan fingerprint density at radius 1 is 1.55 bits per heavy atom. The quantitative estimate of drug-likeness (QED) is 0.886. The minimum Gasteiger partial charge on any atom is -0.482 e. The van der Waals surface area contributed by atoms with Crippen LogP contribution < -0.4 is 15.4 Å². The van der Waals surface area contributed by atoms with Gasteiger partial charge in [0.1, 0.15) is 5.75 Å². The summed E-state index contributed by atoms with van der Waals surface area (Å²) >= 11 is 1.54. The normalized spacial score (nSPS) is 14.7. The Bertz CT molecular complexity index is 686. The van der Waals surface area contributed by atoms with Gasteiger partial charge in [0.15, 0.2) is 11.7 Å². The van der Waals surface area contributed by atoms with Crippen molar-refractivity contribution in [3.63, 3.8) is 0 Å². The van der Waals surface area contributed by atoms with E-state index in [4.69, 9.17) is 9.47 Å². The molecule has 2 aromatic rings. The van der Waals surface area contributed by atoms with Gasteiger partial charge in [-0.05, 0) is 25.1 Å². The van der Waals surface area contributed by atoms with Crippen molar-refractivity contribution in [2.75, 3.05) is 31.0 Å². The molecule has 1 amide bonds. The molecule has 1 atom stereocenters. The van der Waals surface area contributed by atoms with Crippen molar-refractivity contribution in [3.05, 3.63) is 23.6 Å². The lowest BCUT2D eigenvalue weighted by atomic mass is 10.1. The second-order valence-electron chi connectivity index (χ2n) is 5.09. The van der Waals surface area contributed by atoms with Crippen LogP contribution in [0.4, 0.5) is 10.8 Å². The summed E-state index contributed by atoms with van der Waals surface area (Å²) in [5, 5.41) is 8.92. The van der Waals surface area contributed by atoms with E-state index in [-0.39, 0.29) is 18.6 Å². The van der Waals surface area contributed by atoms with Crippen LogP contribution >= 0.6 is 11.3 Å². The van der Waals surface area contributed by atoms with Gasteiger partial charge in [0.2, 0.25) is 0 Å². The number of methoxy groups -OCH3 is 1. The van der Waals surface area contributed by atoms with Crippen molar-refractivity contribution in [3.8, 4) is 17.0 Å². The summed E-state index contributed by atoms with van der Waals surface area (Å²) in [6, 6.07) is 5.86. The molecule has 1 aromatic carbocycles. The SMILES string of the molecule is COC[C@@H](C)Nc1nc(-c2ccc3c(c2)NC(=O)CO3)cs1.